The van der Waals surface area contributed by atoms with Gasteiger partial charge in [-0.25, -0.2) is 4.98 Å². The zero-order valence-electron chi connectivity index (χ0n) is 13.7. The summed E-state index contributed by atoms with van der Waals surface area (Å²) < 4.78 is 1.45. The lowest BCUT2D eigenvalue weighted by atomic mass is 10.1. The quantitative estimate of drug-likeness (QED) is 0.686. The van der Waals surface area contributed by atoms with E-state index in [4.69, 9.17) is 0 Å². The average Bonchev–Trinajstić information content (AvgIpc) is 3.24. The van der Waals surface area contributed by atoms with E-state index in [1.807, 2.05) is 28.6 Å². The first-order valence-corrected chi connectivity index (χ1v) is 10.9. The van der Waals surface area contributed by atoms with Crippen LogP contribution in [0.2, 0.25) is 0 Å². The predicted molar refractivity (Wildman–Crippen MR) is 105 cm³/mol. The number of aromatic nitrogens is 2. The van der Waals surface area contributed by atoms with Gasteiger partial charge < -0.3 is 4.90 Å². The Bertz CT molecular complexity index is 975. The van der Waals surface area contributed by atoms with Crippen molar-refractivity contribution >= 4 is 50.6 Å². The largest absolute Gasteiger partial charge is 0.340 e. The van der Waals surface area contributed by atoms with Gasteiger partial charge in [0.25, 0.3) is 5.56 Å². The number of carbonyl (C=O) groups excluding carboxylic acids is 1. The molecule has 0 atom stereocenters. The lowest BCUT2D eigenvalue weighted by Gasteiger charge is -2.17. The first-order valence-electron chi connectivity index (χ1n) is 7.96. The van der Waals surface area contributed by atoms with E-state index in [0.29, 0.717) is 6.54 Å². The highest BCUT2D eigenvalue weighted by Crippen LogP contribution is 2.35. The molecule has 0 fully saturated rings. The lowest BCUT2D eigenvalue weighted by Crippen LogP contribution is -2.33. The number of nitrogens with zero attached hydrogens (tertiary/aromatic N) is 3. The Balaban J connectivity index is 1.60. The van der Waals surface area contributed by atoms with Crippen LogP contribution in [0.15, 0.2) is 27.9 Å². The molecule has 0 saturated carbocycles. The summed E-state index contributed by atoms with van der Waals surface area (Å²) in [6.07, 6.45) is 2.42. The van der Waals surface area contributed by atoms with Crippen LogP contribution >= 0.6 is 34.4 Å². The molecule has 0 radical (unpaired) electrons. The van der Waals surface area contributed by atoms with Crippen molar-refractivity contribution in [1.29, 1.82) is 0 Å². The molecule has 25 heavy (non-hydrogen) atoms. The van der Waals surface area contributed by atoms with Gasteiger partial charge in [-0.05, 0) is 40.1 Å². The molecule has 0 saturated heterocycles. The molecule has 8 heteroatoms. The van der Waals surface area contributed by atoms with Gasteiger partial charge in [-0.1, -0.05) is 0 Å². The number of rotatable bonds is 4. The van der Waals surface area contributed by atoms with Crippen LogP contribution < -0.4 is 5.56 Å². The summed E-state index contributed by atoms with van der Waals surface area (Å²) in [7, 11) is 1.76. The smallest absolute Gasteiger partial charge is 0.262 e. The molecule has 0 N–H and O–H groups in total. The third kappa shape index (κ3) is 3.26. The molecule has 0 aliphatic carbocycles. The number of hydrogen-bond donors (Lipinski definition) is 0. The van der Waals surface area contributed by atoms with Crippen molar-refractivity contribution in [2.45, 2.75) is 25.3 Å². The van der Waals surface area contributed by atoms with E-state index in [2.05, 4.69) is 4.98 Å². The predicted octanol–water partition coefficient (Wildman–Crippen LogP) is 2.97. The van der Waals surface area contributed by atoms with Crippen LogP contribution in [0.3, 0.4) is 0 Å². The van der Waals surface area contributed by atoms with Crippen LogP contribution in [0.25, 0.3) is 10.2 Å². The first-order chi connectivity index (χ1) is 12.1. The zero-order valence-corrected chi connectivity index (χ0v) is 16.2. The van der Waals surface area contributed by atoms with Gasteiger partial charge in [0.1, 0.15) is 11.4 Å². The van der Waals surface area contributed by atoms with Crippen LogP contribution in [-0.4, -0.2) is 33.2 Å². The summed E-state index contributed by atoms with van der Waals surface area (Å²) in [4.78, 5) is 33.5. The Labute approximate surface area is 157 Å². The fourth-order valence-electron chi connectivity index (χ4n) is 2.97. The Morgan fingerprint density at radius 2 is 2.32 bits per heavy atom. The fraction of sp³-hybridized carbons (Fsp3) is 0.353. The van der Waals surface area contributed by atoms with Gasteiger partial charge in [0, 0.05) is 24.2 Å². The van der Waals surface area contributed by atoms with Crippen LogP contribution in [0.4, 0.5) is 0 Å². The maximum Gasteiger partial charge on any atom is 0.262 e. The van der Waals surface area contributed by atoms with Crippen molar-refractivity contribution in [2.24, 2.45) is 0 Å². The topological polar surface area (TPSA) is 55.2 Å². The molecule has 1 amide bonds. The highest BCUT2D eigenvalue weighted by atomic mass is 32.2. The minimum atomic E-state index is -0.0910. The SMILES string of the molecule is CN(Cc1ccsc1)C(=O)Cn1cnc2sc3c(c2c1=O)CCSC3. The number of hydrogen-bond acceptors (Lipinski definition) is 6. The van der Waals surface area contributed by atoms with E-state index in [9.17, 15) is 9.59 Å². The fourth-order valence-corrected chi connectivity index (χ4v) is 5.94. The molecule has 4 heterocycles. The Morgan fingerprint density at radius 1 is 1.44 bits per heavy atom. The van der Waals surface area contributed by atoms with Crippen molar-refractivity contribution in [3.8, 4) is 0 Å². The van der Waals surface area contributed by atoms with Gasteiger partial charge in [0.2, 0.25) is 5.91 Å². The van der Waals surface area contributed by atoms with Crippen molar-refractivity contribution in [2.75, 3.05) is 12.8 Å². The number of fused-ring (bicyclic) bond motifs is 3. The molecule has 0 aromatic carbocycles. The molecule has 0 spiro atoms. The Morgan fingerprint density at radius 3 is 3.12 bits per heavy atom. The van der Waals surface area contributed by atoms with Gasteiger partial charge in [-0.3, -0.25) is 14.2 Å². The maximum atomic E-state index is 12.9. The minimum absolute atomic E-state index is 0.0295. The molecule has 0 unspecified atom stereocenters. The van der Waals surface area contributed by atoms with Crippen molar-refractivity contribution in [3.63, 3.8) is 0 Å². The Hall–Kier alpha value is -1.64. The molecule has 5 nitrogen and oxygen atoms in total. The number of carbonyl (C=O) groups is 1. The van der Waals surface area contributed by atoms with Gasteiger partial charge in [0.05, 0.1) is 11.7 Å². The third-order valence-electron chi connectivity index (χ3n) is 4.32. The summed E-state index contributed by atoms with van der Waals surface area (Å²) in [6.45, 7) is 0.583. The number of thiophene rings is 2. The molecule has 1 aliphatic heterocycles. The van der Waals surface area contributed by atoms with E-state index in [0.717, 1.165) is 39.3 Å². The van der Waals surface area contributed by atoms with E-state index in [1.54, 1.807) is 34.6 Å². The second kappa shape index (κ2) is 6.93. The van der Waals surface area contributed by atoms with Crippen molar-refractivity contribution in [1.82, 2.24) is 14.5 Å². The number of aryl methyl sites for hydroxylation is 1. The first kappa shape index (κ1) is 16.8. The van der Waals surface area contributed by atoms with Gasteiger partial charge in [0.15, 0.2) is 0 Å². The number of likely N-dealkylation sites (N-methyl/N-ethyl adjacent to an activating group) is 1. The maximum absolute atomic E-state index is 12.9. The summed E-state index contributed by atoms with van der Waals surface area (Å²) in [5.74, 6) is 1.90. The van der Waals surface area contributed by atoms with Gasteiger partial charge in [-0.15, -0.1) is 11.3 Å². The number of amides is 1. The molecule has 0 bridgehead atoms. The summed E-state index contributed by atoms with van der Waals surface area (Å²) >= 11 is 5.12. The van der Waals surface area contributed by atoms with E-state index >= 15 is 0 Å². The molecule has 3 aromatic rings. The lowest BCUT2D eigenvalue weighted by molar-refractivity contribution is -0.131. The molecule has 130 valence electrons. The van der Waals surface area contributed by atoms with E-state index in [-0.39, 0.29) is 18.0 Å². The summed E-state index contributed by atoms with van der Waals surface area (Å²) in [6, 6.07) is 2.00. The summed E-state index contributed by atoms with van der Waals surface area (Å²) in [5.41, 5.74) is 2.16. The van der Waals surface area contributed by atoms with E-state index in [1.165, 1.54) is 15.8 Å². The van der Waals surface area contributed by atoms with Crippen molar-refractivity contribution < 1.29 is 4.79 Å². The highest BCUT2D eigenvalue weighted by Gasteiger charge is 2.21. The van der Waals surface area contributed by atoms with Crippen LogP contribution in [-0.2, 0) is 30.1 Å². The standard InChI is InChI=1S/C17H17N3O2S3/c1-19(6-11-2-4-23-8-11)14(21)7-20-10-18-16-15(17(20)22)12-3-5-24-9-13(12)25-16/h2,4,8,10H,3,5-7,9H2,1H3. The molecule has 1 aliphatic rings. The van der Waals surface area contributed by atoms with E-state index < -0.39 is 0 Å². The minimum Gasteiger partial charge on any atom is -0.340 e. The van der Waals surface area contributed by atoms with Crippen LogP contribution in [0, 0.1) is 0 Å². The third-order valence-corrected chi connectivity index (χ3v) is 7.36. The van der Waals surface area contributed by atoms with Crippen LogP contribution in [0.5, 0.6) is 0 Å². The zero-order chi connectivity index (χ0) is 17.4. The molecule has 4 rings (SSSR count). The highest BCUT2D eigenvalue weighted by molar-refractivity contribution is 7.98. The normalized spacial score (nSPS) is 13.8. The molecular formula is C17H17N3O2S3. The van der Waals surface area contributed by atoms with Gasteiger partial charge in [-0.2, -0.15) is 23.1 Å². The van der Waals surface area contributed by atoms with Crippen molar-refractivity contribution in [3.05, 3.63) is 49.5 Å². The monoisotopic (exact) mass is 391 g/mol. The van der Waals surface area contributed by atoms with Gasteiger partial charge >= 0.3 is 0 Å². The van der Waals surface area contributed by atoms with Crippen LogP contribution in [0.1, 0.15) is 16.0 Å². The second-order valence-electron chi connectivity index (χ2n) is 6.05. The molecule has 3 aromatic heterocycles. The number of thioether (sulfide) groups is 1. The second-order valence-corrected chi connectivity index (χ2v) is 9.01. The average molecular weight is 392 g/mol. The summed E-state index contributed by atoms with van der Waals surface area (Å²) in [5, 5.41) is 4.74. The molecular weight excluding hydrogens is 374 g/mol. The Kier molecular flexibility index (Phi) is 4.66.